The van der Waals surface area contributed by atoms with E-state index in [2.05, 4.69) is 57.1 Å². The minimum atomic E-state index is -3.16. The Labute approximate surface area is 498 Å². The maximum atomic E-state index is 9.78. The van der Waals surface area contributed by atoms with Crippen molar-refractivity contribution in [2.45, 2.75) is 67.0 Å². The minimum absolute atomic E-state index is 0.115. The predicted octanol–water partition coefficient (Wildman–Crippen LogP) is 17.4. The van der Waals surface area contributed by atoms with Crippen LogP contribution in [0.15, 0.2) is 194 Å². The standard InChI is InChI=1S/C71H58BN5O.Pt/c1-45-22-12-13-27-52(45)59-42-58-55-30-21-29-54-53-28-14-15-31-60(53)76-63-34-18-19-35-64(63)77(72(76)66(54)55)68(58)73-69(59)78-65-41-51(37-36-46(65)2)74-44-75(62-33-17-16-32-61(62)74)67-56(48-23-10-9-11-24-48)38-47(43-70(3,4)5)39-57(67)49-25-20-26-50(40-49)71(6,7)8;/h9-34,36-40,42H,43H2,1-8H3;/q-2;/i1D3,2D3,9D,10D,11D,12D,13D,22D,23D,24D,27D,43D2;. The quantitative estimate of drug-likeness (QED) is 0.112. The molecule has 6 nitrogen and oxygen atoms in total. The average Bonchev–Trinajstić information content (AvgIpc) is 1.46. The average molecular weight is 1220 g/mol. The van der Waals surface area contributed by atoms with Crippen molar-refractivity contribution in [1.29, 1.82) is 0 Å². The molecule has 9 aromatic carbocycles. The summed E-state index contributed by atoms with van der Waals surface area (Å²) in [6.07, 6.45) is -2.08. The zero-order valence-electron chi connectivity index (χ0n) is 60.8. The van der Waals surface area contributed by atoms with E-state index in [1.807, 2.05) is 106 Å². The molecule has 5 heterocycles. The Morgan fingerprint density at radius 2 is 1.32 bits per heavy atom. The van der Waals surface area contributed by atoms with Crippen molar-refractivity contribution >= 4 is 46.4 Å². The molecule has 11 aromatic rings. The number of ether oxygens (including phenoxy) is 1. The first-order valence-corrected chi connectivity index (χ1v) is 27.0. The molecule has 8 heteroatoms. The molecule has 14 rings (SSSR count). The monoisotopic (exact) mass is 1220 g/mol. The molecule has 0 fully saturated rings. The molecule has 0 N–H and O–H groups in total. The van der Waals surface area contributed by atoms with Crippen molar-refractivity contribution < 1.29 is 47.4 Å². The number of anilines is 4. The van der Waals surface area contributed by atoms with Gasteiger partial charge in [-0.3, -0.25) is 0 Å². The molecule has 2 aromatic heterocycles. The normalized spacial score (nSPS) is 16.7. The molecule has 0 saturated heterocycles. The molecule has 0 amide bonds. The van der Waals surface area contributed by atoms with E-state index in [0.29, 0.717) is 48.5 Å². The van der Waals surface area contributed by atoms with Crippen LogP contribution in [0.4, 0.5) is 22.9 Å². The summed E-state index contributed by atoms with van der Waals surface area (Å²) >= 11 is 2.12. The van der Waals surface area contributed by atoms with E-state index in [4.69, 9.17) is 26.2 Å². The number of benzene rings is 9. The number of aromatic nitrogens is 3. The molecule has 0 saturated carbocycles. The van der Waals surface area contributed by atoms with Crippen LogP contribution in [0.3, 0.4) is 0 Å². The first kappa shape index (κ1) is 33.9. The summed E-state index contributed by atoms with van der Waals surface area (Å²) in [5.74, 6) is -0.548. The van der Waals surface area contributed by atoms with Crippen LogP contribution in [0.1, 0.15) is 87.1 Å². The van der Waals surface area contributed by atoms with Crippen molar-refractivity contribution in [2.24, 2.45) is 5.41 Å². The second-order valence-electron chi connectivity index (χ2n) is 22.0. The molecular formula is C71H58BN5OPt-2. The Balaban J connectivity index is 1.06. The molecule has 0 atom stereocenters. The van der Waals surface area contributed by atoms with Gasteiger partial charge in [0.05, 0.1) is 1.37 Å². The van der Waals surface area contributed by atoms with Crippen LogP contribution in [0.5, 0.6) is 11.6 Å². The molecule has 0 bridgehead atoms. The van der Waals surface area contributed by atoms with Crippen molar-refractivity contribution in [3.8, 4) is 78.6 Å². The summed E-state index contributed by atoms with van der Waals surface area (Å²) in [5.41, 5.74) is 6.71. The van der Waals surface area contributed by atoms with Crippen molar-refractivity contribution in [1.82, 2.24) is 14.1 Å². The van der Waals surface area contributed by atoms with Gasteiger partial charge in [-0.15, -0.1) is 6.07 Å². The SMILES string of the molecule is [2H]c1c([2H])c([2H])c(-c2cc(C([2H])([2H])C(C)(C)C)cc(-c3cccc(C(C)(C)C)c3)c2-n2[c](=[Pt])n(-c3[c-]c(Oc4nc5c(cc4-c4c([2H])c([2H])c([2H])c([2H])c4C([2H])([2H])[2H])-c4cccc6c4B4N(c7ccc[c-]c7N45)c4ccccc4-6)c(C([2H])([2H])[2H])cc3)c3ccccc32)c([2H])c1[2H]. The molecule has 3 aliphatic heterocycles. The summed E-state index contributed by atoms with van der Waals surface area (Å²) in [6, 6.07) is 43.2. The Kier molecular flexibility index (Phi) is 7.91. The fraction of sp³-hybridized carbons (Fsp3) is 0.155. The van der Waals surface area contributed by atoms with E-state index in [-0.39, 0.29) is 44.7 Å². The second-order valence-corrected chi connectivity index (χ2v) is 23.0. The van der Waals surface area contributed by atoms with E-state index in [1.54, 1.807) is 61.7 Å². The number of hydrogen-bond acceptors (Lipinski definition) is 4. The van der Waals surface area contributed by atoms with Gasteiger partial charge in [-0.25, -0.2) is 0 Å². The molecule has 0 radical (unpaired) electrons. The number of fused-ring (bicyclic) bond motifs is 10. The van der Waals surface area contributed by atoms with Gasteiger partial charge in [-0.1, -0.05) is 30.3 Å². The number of aryl methyl sites for hydroxylation is 1. The molecule has 0 spiro atoms. The van der Waals surface area contributed by atoms with Gasteiger partial charge in [0.25, 0.3) is 0 Å². The number of nitrogens with zero attached hydrogens (tertiary/aromatic N) is 5. The summed E-state index contributed by atoms with van der Waals surface area (Å²) in [6.45, 7) is 4.85. The molecular weight excluding hydrogens is 1140 g/mol. The van der Waals surface area contributed by atoms with E-state index in [9.17, 15) is 6.85 Å². The van der Waals surface area contributed by atoms with Crippen LogP contribution in [-0.2, 0) is 31.1 Å². The van der Waals surface area contributed by atoms with E-state index < -0.39 is 110 Å². The molecule has 0 aliphatic carbocycles. The van der Waals surface area contributed by atoms with Gasteiger partial charge in [-0.05, 0) is 11.6 Å². The number of pyridine rings is 1. The fourth-order valence-corrected chi connectivity index (χ4v) is 12.5. The predicted molar refractivity (Wildman–Crippen MR) is 322 cm³/mol. The molecule has 388 valence electrons. The fourth-order valence-electron chi connectivity index (χ4n) is 11.4. The number of imidazole rings is 1. The van der Waals surface area contributed by atoms with Gasteiger partial charge in [0, 0.05) is 11.3 Å². The summed E-state index contributed by atoms with van der Waals surface area (Å²) in [4.78, 5) is 9.52. The number of para-hydroxylation sites is 4. The summed E-state index contributed by atoms with van der Waals surface area (Å²) in [5, 5.41) is 0. The van der Waals surface area contributed by atoms with Crippen LogP contribution in [0.25, 0.3) is 78.0 Å². The van der Waals surface area contributed by atoms with E-state index in [0.717, 1.165) is 33.5 Å². The summed E-state index contributed by atoms with van der Waals surface area (Å²) < 4.78 is 167. The van der Waals surface area contributed by atoms with E-state index in [1.165, 1.54) is 6.07 Å². The Bertz CT molecular complexity index is 5230. The Morgan fingerprint density at radius 3 is 2.10 bits per heavy atom. The van der Waals surface area contributed by atoms with Gasteiger partial charge in [0.2, 0.25) is 0 Å². The Hall–Kier alpha value is -8.25. The topological polar surface area (TPSA) is 38.5 Å². The third-order valence-corrected chi connectivity index (χ3v) is 15.8. The van der Waals surface area contributed by atoms with Crippen molar-refractivity contribution in [3.05, 3.63) is 232 Å². The zero-order chi connectivity index (χ0) is 68.7. The first-order chi connectivity index (χ1) is 45.1. The van der Waals surface area contributed by atoms with Gasteiger partial charge in [0.15, 0.2) is 0 Å². The van der Waals surface area contributed by atoms with Crippen LogP contribution >= 0.6 is 0 Å². The number of hydrogen-bond donors (Lipinski definition) is 0. The van der Waals surface area contributed by atoms with Crippen LogP contribution < -0.4 is 19.8 Å². The van der Waals surface area contributed by atoms with Crippen molar-refractivity contribution in [2.75, 3.05) is 9.62 Å². The van der Waals surface area contributed by atoms with Crippen molar-refractivity contribution in [3.63, 3.8) is 0 Å². The van der Waals surface area contributed by atoms with E-state index >= 15 is 0 Å². The number of rotatable bonds is 8. The molecule has 3 aliphatic rings. The summed E-state index contributed by atoms with van der Waals surface area (Å²) in [7, 11) is 0. The zero-order valence-corrected chi connectivity index (χ0v) is 46.1. The van der Waals surface area contributed by atoms with Crippen LogP contribution in [0.2, 0.25) is 0 Å². The van der Waals surface area contributed by atoms with Crippen LogP contribution in [0, 0.1) is 35.1 Å². The first-order valence-electron chi connectivity index (χ1n) is 34.4. The van der Waals surface area contributed by atoms with Gasteiger partial charge in [0.1, 0.15) is 0 Å². The third kappa shape index (κ3) is 8.02. The van der Waals surface area contributed by atoms with Gasteiger partial charge >= 0.3 is 428 Å². The second kappa shape index (κ2) is 18.4. The molecule has 79 heavy (non-hydrogen) atoms. The van der Waals surface area contributed by atoms with Crippen LogP contribution in [-0.4, -0.2) is 21.1 Å². The van der Waals surface area contributed by atoms with Gasteiger partial charge in [-0.2, -0.15) is 12.1 Å². The third-order valence-electron chi connectivity index (χ3n) is 14.8. The van der Waals surface area contributed by atoms with Gasteiger partial charge < -0.3 is 0 Å². The molecule has 0 unspecified atom stereocenters. The Morgan fingerprint density at radius 1 is 0.620 bits per heavy atom. The maximum absolute atomic E-state index is 9.78.